The average molecular weight is 337 g/mol. The van der Waals surface area contributed by atoms with Crippen LogP contribution in [0.3, 0.4) is 0 Å². The Bertz CT molecular complexity index is 715. The van der Waals surface area contributed by atoms with Crippen molar-refractivity contribution in [3.8, 4) is 11.5 Å². The number of carbonyl (C=O) groups is 1. The number of fused-ring (bicyclic) bond motifs is 1. The van der Waals surface area contributed by atoms with E-state index in [2.05, 4.69) is 0 Å². The van der Waals surface area contributed by atoms with Crippen LogP contribution in [0.2, 0.25) is 5.02 Å². The van der Waals surface area contributed by atoms with Gasteiger partial charge in [0, 0.05) is 6.42 Å². The van der Waals surface area contributed by atoms with Crippen molar-refractivity contribution < 1.29 is 23.4 Å². The molecule has 0 aromatic heterocycles. The quantitative estimate of drug-likeness (QED) is 0.777. The van der Waals surface area contributed by atoms with Gasteiger partial charge in [-0.2, -0.15) is 0 Å². The minimum Gasteiger partial charge on any atom is -0.461 e. The summed E-state index contributed by atoms with van der Waals surface area (Å²) in [7, 11) is 0. The zero-order valence-corrected chi connectivity index (χ0v) is 12.9. The first-order chi connectivity index (χ1) is 11.1. The molecule has 0 amide bonds. The number of esters is 1. The first-order valence-electron chi connectivity index (χ1n) is 7.10. The molecule has 0 fully saturated rings. The summed E-state index contributed by atoms with van der Waals surface area (Å²) in [6, 6.07) is 9.47. The number of hydrogen-bond donors (Lipinski definition) is 0. The van der Waals surface area contributed by atoms with E-state index in [4.69, 9.17) is 25.8 Å². The molecule has 2 aromatic carbocycles. The molecule has 0 N–H and O–H groups in total. The van der Waals surface area contributed by atoms with Crippen LogP contribution >= 0.6 is 11.6 Å². The molecule has 0 spiro atoms. The van der Waals surface area contributed by atoms with E-state index in [0.717, 1.165) is 11.1 Å². The number of aryl methyl sites for hydroxylation is 1. The smallest absolute Gasteiger partial charge is 0.306 e. The molecule has 0 aliphatic carbocycles. The summed E-state index contributed by atoms with van der Waals surface area (Å²) in [5.74, 6) is 0.437. The summed E-state index contributed by atoms with van der Waals surface area (Å²) in [4.78, 5) is 11.8. The van der Waals surface area contributed by atoms with E-state index in [-0.39, 0.29) is 31.6 Å². The molecule has 0 saturated carbocycles. The first kappa shape index (κ1) is 15.6. The molecule has 2 aromatic rings. The van der Waals surface area contributed by atoms with Crippen molar-refractivity contribution in [1.29, 1.82) is 0 Å². The second-order valence-electron chi connectivity index (χ2n) is 5.10. The van der Waals surface area contributed by atoms with Crippen LogP contribution in [0.5, 0.6) is 11.5 Å². The van der Waals surface area contributed by atoms with Gasteiger partial charge in [-0.25, -0.2) is 4.39 Å². The van der Waals surface area contributed by atoms with E-state index in [9.17, 15) is 9.18 Å². The highest BCUT2D eigenvalue weighted by Crippen LogP contribution is 2.39. The van der Waals surface area contributed by atoms with Crippen molar-refractivity contribution in [2.45, 2.75) is 19.4 Å². The van der Waals surface area contributed by atoms with Crippen molar-refractivity contribution >= 4 is 17.6 Å². The van der Waals surface area contributed by atoms with Crippen LogP contribution in [0.15, 0.2) is 36.4 Å². The van der Waals surface area contributed by atoms with Crippen molar-refractivity contribution in [2.24, 2.45) is 0 Å². The Kier molecular flexibility index (Phi) is 4.67. The third kappa shape index (κ3) is 3.93. The fourth-order valence-electron chi connectivity index (χ4n) is 2.24. The minimum absolute atomic E-state index is 0.110. The normalized spacial score (nSPS) is 12.3. The lowest BCUT2D eigenvalue weighted by molar-refractivity contribution is -0.144. The zero-order valence-electron chi connectivity index (χ0n) is 12.2. The lowest BCUT2D eigenvalue weighted by Gasteiger charge is -2.07. The van der Waals surface area contributed by atoms with Gasteiger partial charge in [-0.3, -0.25) is 4.79 Å². The van der Waals surface area contributed by atoms with Crippen molar-refractivity contribution in [3.63, 3.8) is 0 Å². The molecule has 120 valence electrons. The second-order valence-corrected chi connectivity index (χ2v) is 5.51. The SMILES string of the molecule is O=C(CCc1ccc(F)cc1)OCc1cc(Cl)c2c(c1)OCO2. The van der Waals surface area contributed by atoms with Crippen LogP contribution in [0.25, 0.3) is 0 Å². The molecule has 0 saturated heterocycles. The maximum atomic E-state index is 12.8. The van der Waals surface area contributed by atoms with Gasteiger partial charge in [0.05, 0.1) is 5.02 Å². The molecular weight excluding hydrogens is 323 g/mol. The largest absolute Gasteiger partial charge is 0.461 e. The van der Waals surface area contributed by atoms with Gasteiger partial charge in [0.15, 0.2) is 11.5 Å². The van der Waals surface area contributed by atoms with Crippen molar-refractivity contribution in [3.05, 3.63) is 58.4 Å². The maximum Gasteiger partial charge on any atom is 0.306 e. The van der Waals surface area contributed by atoms with Gasteiger partial charge in [0.2, 0.25) is 6.79 Å². The molecule has 0 atom stereocenters. The molecule has 23 heavy (non-hydrogen) atoms. The van der Waals surface area contributed by atoms with E-state index in [1.165, 1.54) is 12.1 Å². The summed E-state index contributed by atoms with van der Waals surface area (Å²) in [6.07, 6.45) is 0.727. The molecule has 6 heteroatoms. The van der Waals surface area contributed by atoms with Crippen LogP contribution in [0.1, 0.15) is 17.5 Å². The van der Waals surface area contributed by atoms with E-state index >= 15 is 0 Å². The average Bonchev–Trinajstić information content (AvgIpc) is 3.01. The lowest BCUT2D eigenvalue weighted by atomic mass is 10.1. The summed E-state index contributed by atoms with van der Waals surface area (Å²) < 4.78 is 28.5. The van der Waals surface area contributed by atoms with Gasteiger partial charge in [-0.15, -0.1) is 0 Å². The van der Waals surface area contributed by atoms with Gasteiger partial charge < -0.3 is 14.2 Å². The third-order valence-corrected chi connectivity index (χ3v) is 3.70. The molecule has 4 nitrogen and oxygen atoms in total. The lowest BCUT2D eigenvalue weighted by Crippen LogP contribution is -2.06. The molecule has 0 bridgehead atoms. The monoisotopic (exact) mass is 336 g/mol. The van der Waals surface area contributed by atoms with Crippen LogP contribution in [-0.4, -0.2) is 12.8 Å². The fourth-order valence-corrected chi connectivity index (χ4v) is 2.53. The molecule has 1 heterocycles. The molecule has 1 aliphatic heterocycles. The molecule has 0 radical (unpaired) electrons. The van der Waals surface area contributed by atoms with Gasteiger partial charge in [0.1, 0.15) is 12.4 Å². The minimum atomic E-state index is -0.330. The third-order valence-electron chi connectivity index (χ3n) is 3.42. The predicted molar refractivity (Wildman–Crippen MR) is 82.1 cm³/mol. The number of halogens is 2. The van der Waals surface area contributed by atoms with E-state index in [1.54, 1.807) is 24.3 Å². The number of carbonyl (C=O) groups excluding carboxylic acids is 1. The second kappa shape index (κ2) is 6.87. The summed E-state index contributed by atoms with van der Waals surface area (Å²) >= 11 is 6.07. The topological polar surface area (TPSA) is 44.8 Å². The zero-order chi connectivity index (χ0) is 16.2. The number of benzene rings is 2. The molecule has 1 aliphatic rings. The van der Waals surface area contributed by atoms with Crippen molar-refractivity contribution in [2.75, 3.05) is 6.79 Å². The van der Waals surface area contributed by atoms with Crippen molar-refractivity contribution in [1.82, 2.24) is 0 Å². The summed E-state index contributed by atoms with van der Waals surface area (Å²) in [5, 5.41) is 0.428. The van der Waals surface area contributed by atoms with E-state index in [0.29, 0.717) is 22.9 Å². The Labute approximate surface area is 137 Å². The maximum absolute atomic E-state index is 12.8. The summed E-state index contributed by atoms with van der Waals surface area (Å²) in [6.45, 7) is 0.245. The Morgan fingerprint density at radius 3 is 2.74 bits per heavy atom. The van der Waals surface area contributed by atoms with Gasteiger partial charge >= 0.3 is 5.97 Å². The standard InChI is InChI=1S/C17H14ClFO4/c18-14-7-12(8-15-17(14)23-10-22-15)9-21-16(20)6-3-11-1-4-13(19)5-2-11/h1-2,4-5,7-8H,3,6,9-10H2. The van der Waals surface area contributed by atoms with Gasteiger partial charge in [0.25, 0.3) is 0 Å². The highest BCUT2D eigenvalue weighted by molar-refractivity contribution is 6.32. The van der Waals surface area contributed by atoms with Crippen LogP contribution in [-0.2, 0) is 22.6 Å². The molecule has 3 rings (SSSR count). The van der Waals surface area contributed by atoms with Crippen LogP contribution < -0.4 is 9.47 Å². The Balaban J connectivity index is 1.51. The van der Waals surface area contributed by atoms with Gasteiger partial charge in [-0.1, -0.05) is 23.7 Å². The fraction of sp³-hybridized carbons (Fsp3) is 0.235. The Morgan fingerprint density at radius 1 is 1.17 bits per heavy atom. The first-order valence-corrected chi connectivity index (χ1v) is 7.48. The Hall–Kier alpha value is -2.27. The summed E-state index contributed by atoms with van der Waals surface area (Å²) in [5.41, 5.74) is 1.61. The Morgan fingerprint density at radius 2 is 1.96 bits per heavy atom. The van der Waals surface area contributed by atoms with E-state index in [1.807, 2.05) is 0 Å². The highest BCUT2D eigenvalue weighted by atomic mass is 35.5. The van der Waals surface area contributed by atoms with Gasteiger partial charge in [-0.05, 0) is 41.8 Å². The molecular formula is C17H14ClFO4. The van der Waals surface area contributed by atoms with Crippen LogP contribution in [0.4, 0.5) is 4.39 Å². The highest BCUT2D eigenvalue weighted by Gasteiger charge is 2.18. The number of hydrogen-bond acceptors (Lipinski definition) is 4. The predicted octanol–water partition coefficient (Wildman–Crippen LogP) is 3.88. The molecule has 0 unspecified atom stereocenters. The number of rotatable bonds is 5. The van der Waals surface area contributed by atoms with Crippen LogP contribution in [0, 0.1) is 5.82 Å². The number of ether oxygens (including phenoxy) is 3. The van der Waals surface area contributed by atoms with E-state index < -0.39 is 0 Å².